The van der Waals surface area contributed by atoms with E-state index in [4.69, 9.17) is 4.98 Å². The van der Waals surface area contributed by atoms with Crippen LogP contribution >= 0.6 is 0 Å². The summed E-state index contributed by atoms with van der Waals surface area (Å²) in [6.45, 7) is 7.90. The van der Waals surface area contributed by atoms with E-state index in [1.54, 1.807) is 11.6 Å². The maximum Gasteiger partial charge on any atom is 0.330 e. The van der Waals surface area contributed by atoms with Crippen molar-refractivity contribution in [3.8, 4) is 0 Å². The summed E-state index contributed by atoms with van der Waals surface area (Å²) in [5.74, 6) is 0.960. The number of rotatable bonds is 3. The average molecular weight is 409 g/mol. The van der Waals surface area contributed by atoms with Crippen LogP contribution in [-0.2, 0) is 18.4 Å². The monoisotopic (exact) mass is 408 g/mol. The highest BCUT2D eigenvalue weighted by Crippen LogP contribution is 2.41. The molecular formula is C24H32N4O2. The number of carbonyl (C=O) groups excluding carboxylic acids is 1. The lowest BCUT2D eigenvalue weighted by molar-refractivity contribution is -0.141. The van der Waals surface area contributed by atoms with Crippen molar-refractivity contribution in [1.29, 1.82) is 0 Å². The first-order chi connectivity index (χ1) is 14.2. The standard InChI is InChI=1S/C24H32N4O2/c1-24(2,3)14-28-20-11-10-19(25-21(20)26(4)23(28)30)18-12-17-9-8-16(18)13-27(17)22(29)15-6-5-7-15/h10-12,15-17H,5-9,13-14H2,1-4H3. The highest BCUT2D eigenvalue weighted by Gasteiger charge is 2.41. The molecule has 4 aliphatic rings. The van der Waals surface area contributed by atoms with Gasteiger partial charge < -0.3 is 4.90 Å². The Labute approximate surface area is 177 Å². The number of hydrogen-bond donors (Lipinski definition) is 0. The fourth-order valence-electron chi connectivity index (χ4n) is 5.26. The van der Waals surface area contributed by atoms with Crippen LogP contribution in [0.2, 0.25) is 0 Å². The minimum atomic E-state index is -0.0130. The van der Waals surface area contributed by atoms with E-state index in [2.05, 4.69) is 37.8 Å². The minimum Gasteiger partial charge on any atom is -0.335 e. The molecule has 2 bridgehead atoms. The summed E-state index contributed by atoms with van der Waals surface area (Å²) in [5.41, 5.74) is 3.84. The number of fused-ring (bicyclic) bond motifs is 3. The number of piperidine rings is 1. The Morgan fingerprint density at radius 1 is 1.17 bits per heavy atom. The fourth-order valence-corrected chi connectivity index (χ4v) is 5.26. The van der Waals surface area contributed by atoms with Crippen molar-refractivity contribution in [1.82, 2.24) is 19.0 Å². The molecule has 2 fully saturated rings. The minimum absolute atomic E-state index is 0.0122. The van der Waals surface area contributed by atoms with Gasteiger partial charge in [-0.2, -0.15) is 0 Å². The van der Waals surface area contributed by atoms with Gasteiger partial charge in [-0.3, -0.25) is 13.9 Å². The molecule has 2 aliphatic carbocycles. The lowest BCUT2D eigenvalue weighted by Crippen LogP contribution is -2.52. The molecule has 30 heavy (non-hydrogen) atoms. The third-order valence-corrected chi connectivity index (χ3v) is 7.09. The SMILES string of the molecule is Cn1c(=O)n(CC(C)(C)C)c2ccc(C3=CC4CCC3CN4C(=O)C3CCC3)nc21. The summed E-state index contributed by atoms with van der Waals surface area (Å²) in [6, 6.07) is 4.31. The highest BCUT2D eigenvalue weighted by molar-refractivity contribution is 5.83. The van der Waals surface area contributed by atoms with Gasteiger partial charge in [0.15, 0.2) is 5.65 Å². The van der Waals surface area contributed by atoms with E-state index < -0.39 is 0 Å². The molecule has 4 heterocycles. The molecular weight excluding hydrogens is 376 g/mol. The van der Waals surface area contributed by atoms with E-state index in [-0.39, 0.29) is 23.1 Å². The molecule has 2 aliphatic heterocycles. The number of pyridine rings is 1. The number of imidazole rings is 1. The van der Waals surface area contributed by atoms with Crippen LogP contribution in [0.3, 0.4) is 0 Å². The zero-order chi connectivity index (χ0) is 21.2. The van der Waals surface area contributed by atoms with Crippen LogP contribution in [0.1, 0.15) is 58.6 Å². The molecule has 6 nitrogen and oxygen atoms in total. The third kappa shape index (κ3) is 3.12. The first kappa shape index (κ1) is 19.6. The molecule has 0 spiro atoms. The summed E-state index contributed by atoms with van der Waals surface area (Å²) in [7, 11) is 1.81. The van der Waals surface area contributed by atoms with Crippen molar-refractivity contribution in [3.63, 3.8) is 0 Å². The number of hydrogen-bond acceptors (Lipinski definition) is 3. The van der Waals surface area contributed by atoms with Gasteiger partial charge in [0.25, 0.3) is 0 Å². The maximum atomic E-state index is 12.8. The van der Waals surface area contributed by atoms with E-state index in [0.717, 1.165) is 49.1 Å². The lowest BCUT2D eigenvalue weighted by Gasteiger charge is -2.46. The van der Waals surface area contributed by atoms with E-state index >= 15 is 0 Å². The van der Waals surface area contributed by atoms with Gasteiger partial charge in [0.05, 0.1) is 17.3 Å². The van der Waals surface area contributed by atoms with E-state index in [1.165, 1.54) is 12.0 Å². The first-order valence-corrected chi connectivity index (χ1v) is 11.3. The van der Waals surface area contributed by atoms with Crippen molar-refractivity contribution in [3.05, 3.63) is 34.4 Å². The van der Waals surface area contributed by atoms with Gasteiger partial charge in [0.2, 0.25) is 5.91 Å². The Hall–Kier alpha value is -2.37. The number of amides is 1. The smallest absolute Gasteiger partial charge is 0.330 e. The van der Waals surface area contributed by atoms with Crippen LogP contribution in [0, 0.1) is 17.3 Å². The van der Waals surface area contributed by atoms with Crippen LogP contribution in [-0.4, -0.2) is 37.5 Å². The van der Waals surface area contributed by atoms with Gasteiger partial charge in [-0.25, -0.2) is 9.78 Å². The van der Waals surface area contributed by atoms with Crippen molar-refractivity contribution >= 4 is 22.6 Å². The molecule has 0 N–H and O–H groups in total. The van der Waals surface area contributed by atoms with Gasteiger partial charge in [-0.05, 0) is 48.8 Å². The largest absolute Gasteiger partial charge is 0.335 e. The number of aryl methyl sites for hydroxylation is 1. The van der Waals surface area contributed by atoms with Crippen molar-refractivity contribution in [2.45, 2.75) is 65.5 Å². The summed E-state index contributed by atoms with van der Waals surface area (Å²) >= 11 is 0. The molecule has 6 heteroatoms. The number of carbonyl (C=O) groups is 1. The van der Waals surface area contributed by atoms with E-state index in [9.17, 15) is 9.59 Å². The van der Waals surface area contributed by atoms with Crippen LogP contribution < -0.4 is 5.69 Å². The summed E-state index contributed by atoms with van der Waals surface area (Å²) < 4.78 is 3.51. The maximum absolute atomic E-state index is 12.8. The molecule has 6 rings (SSSR count). The second-order valence-corrected chi connectivity index (χ2v) is 10.6. The van der Waals surface area contributed by atoms with Crippen LogP contribution in [0.4, 0.5) is 0 Å². The van der Waals surface area contributed by atoms with Crippen LogP contribution in [0.15, 0.2) is 23.0 Å². The molecule has 2 aromatic heterocycles. The van der Waals surface area contributed by atoms with Crippen LogP contribution in [0.25, 0.3) is 16.7 Å². The number of nitrogens with zero attached hydrogens (tertiary/aromatic N) is 4. The molecule has 160 valence electrons. The first-order valence-electron chi connectivity index (χ1n) is 11.3. The fraction of sp³-hybridized carbons (Fsp3) is 0.625. The Morgan fingerprint density at radius 3 is 2.53 bits per heavy atom. The molecule has 2 unspecified atom stereocenters. The molecule has 1 saturated carbocycles. The Balaban J connectivity index is 1.49. The molecule has 2 atom stereocenters. The zero-order valence-corrected chi connectivity index (χ0v) is 18.5. The Morgan fingerprint density at radius 2 is 1.93 bits per heavy atom. The normalized spacial score (nSPS) is 24.3. The molecule has 0 radical (unpaired) electrons. The van der Waals surface area contributed by atoms with Gasteiger partial charge >= 0.3 is 5.69 Å². The Kier molecular flexibility index (Phi) is 4.46. The molecule has 0 aromatic carbocycles. The average Bonchev–Trinajstić information content (AvgIpc) is 2.90. The quantitative estimate of drug-likeness (QED) is 0.780. The topological polar surface area (TPSA) is 60.1 Å². The van der Waals surface area contributed by atoms with E-state index in [1.807, 2.05) is 10.6 Å². The van der Waals surface area contributed by atoms with Crippen molar-refractivity contribution in [2.75, 3.05) is 6.54 Å². The summed E-state index contributed by atoms with van der Waals surface area (Å²) in [6.07, 6.45) is 7.73. The van der Waals surface area contributed by atoms with Crippen molar-refractivity contribution in [2.24, 2.45) is 24.3 Å². The highest BCUT2D eigenvalue weighted by atomic mass is 16.2. The lowest BCUT2D eigenvalue weighted by atomic mass is 9.76. The van der Waals surface area contributed by atoms with Crippen LogP contribution in [0.5, 0.6) is 0 Å². The van der Waals surface area contributed by atoms with Gasteiger partial charge in [0, 0.05) is 32.0 Å². The van der Waals surface area contributed by atoms with Gasteiger partial charge in [-0.1, -0.05) is 33.3 Å². The number of aromatic nitrogens is 3. The predicted octanol–water partition coefficient (Wildman–Crippen LogP) is 3.59. The second-order valence-electron chi connectivity index (χ2n) is 10.6. The molecule has 1 saturated heterocycles. The predicted molar refractivity (Wildman–Crippen MR) is 118 cm³/mol. The zero-order valence-electron chi connectivity index (χ0n) is 18.5. The van der Waals surface area contributed by atoms with Gasteiger partial charge in [0.1, 0.15) is 0 Å². The van der Waals surface area contributed by atoms with Crippen molar-refractivity contribution < 1.29 is 4.79 Å². The van der Waals surface area contributed by atoms with E-state index in [0.29, 0.717) is 18.4 Å². The summed E-state index contributed by atoms with van der Waals surface area (Å²) in [4.78, 5) is 32.7. The molecule has 1 amide bonds. The molecule has 2 aromatic rings. The summed E-state index contributed by atoms with van der Waals surface area (Å²) in [5, 5.41) is 0. The van der Waals surface area contributed by atoms with Gasteiger partial charge in [-0.15, -0.1) is 0 Å². The third-order valence-electron chi connectivity index (χ3n) is 7.09. The second kappa shape index (κ2) is 6.82. The Bertz CT molecular complexity index is 1100.